The van der Waals surface area contributed by atoms with Gasteiger partial charge < -0.3 is 5.01 Å². The molecule has 0 fully saturated rings. The van der Waals surface area contributed by atoms with Gasteiger partial charge in [0.15, 0.2) is 0 Å². The fourth-order valence-electron chi connectivity index (χ4n) is 0.746. The fraction of sp³-hybridized carbons (Fsp3) is 0.667. The van der Waals surface area contributed by atoms with E-state index in [2.05, 4.69) is 29.0 Å². The standard InChI is InChI=1S/C6H12N2S/c1-9-6-5-8-4-2-3-7-8/h2,4,7H,3,5-6H2,1H3. The highest BCUT2D eigenvalue weighted by molar-refractivity contribution is 7.98. The molecule has 0 aromatic rings. The maximum absolute atomic E-state index is 3.20. The van der Waals surface area contributed by atoms with Crippen LogP contribution < -0.4 is 5.43 Å². The molecule has 1 heterocycles. The molecule has 1 aliphatic heterocycles. The molecule has 0 saturated carbocycles. The summed E-state index contributed by atoms with van der Waals surface area (Å²) in [6, 6.07) is 0. The molecule has 9 heavy (non-hydrogen) atoms. The number of nitrogens with zero attached hydrogens (tertiary/aromatic N) is 1. The first-order valence-corrected chi connectivity index (χ1v) is 4.48. The average Bonchev–Trinajstić information content (AvgIpc) is 2.34. The van der Waals surface area contributed by atoms with Crippen LogP contribution in [0.1, 0.15) is 0 Å². The van der Waals surface area contributed by atoms with Crippen LogP contribution in [-0.4, -0.2) is 30.1 Å². The van der Waals surface area contributed by atoms with E-state index in [4.69, 9.17) is 0 Å². The molecular formula is C6H12N2S. The molecule has 3 heteroatoms. The van der Waals surface area contributed by atoms with Gasteiger partial charge in [0.2, 0.25) is 0 Å². The fourth-order valence-corrected chi connectivity index (χ4v) is 1.13. The maximum Gasteiger partial charge on any atom is 0.0428 e. The molecule has 52 valence electrons. The van der Waals surface area contributed by atoms with Crippen molar-refractivity contribution in [1.29, 1.82) is 0 Å². The Morgan fingerprint density at radius 1 is 1.78 bits per heavy atom. The zero-order chi connectivity index (χ0) is 6.53. The Balaban J connectivity index is 2.05. The average molecular weight is 144 g/mol. The van der Waals surface area contributed by atoms with Crippen LogP contribution in [0.25, 0.3) is 0 Å². The summed E-state index contributed by atoms with van der Waals surface area (Å²) in [5, 5.41) is 2.12. The number of hydrogen-bond acceptors (Lipinski definition) is 3. The lowest BCUT2D eigenvalue weighted by Gasteiger charge is -2.14. The zero-order valence-corrected chi connectivity index (χ0v) is 6.45. The Hall–Kier alpha value is -0.150. The Kier molecular flexibility index (Phi) is 2.94. The van der Waals surface area contributed by atoms with Gasteiger partial charge in [0.1, 0.15) is 0 Å². The molecule has 0 spiro atoms. The van der Waals surface area contributed by atoms with Gasteiger partial charge in [0, 0.05) is 25.0 Å². The number of thioether (sulfide) groups is 1. The number of hydrazine groups is 1. The highest BCUT2D eigenvalue weighted by atomic mass is 32.2. The maximum atomic E-state index is 3.20. The van der Waals surface area contributed by atoms with Crippen molar-refractivity contribution >= 4 is 11.8 Å². The molecule has 1 rings (SSSR count). The van der Waals surface area contributed by atoms with E-state index in [1.807, 2.05) is 11.8 Å². The molecule has 0 radical (unpaired) electrons. The van der Waals surface area contributed by atoms with Crippen LogP contribution in [-0.2, 0) is 0 Å². The second-order valence-electron chi connectivity index (χ2n) is 1.93. The van der Waals surface area contributed by atoms with Gasteiger partial charge in [-0.1, -0.05) is 6.08 Å². The van der Waals surface area contributed by atoms with E-state index in [1.165, 1.54) is 5.75 Å². The van der Waals surface area contributed by atoms with Crippen LogP contribution in [0.3, 0.4) is 0 Å². The molecule has 0 aromatic carbocycles. The number of hydrogen-bond donors (Lipinski definition) is 1. The lowest BCUT2D eigenvalue weighted by molar-refractivity contribution is 0.326. The van der Waals surface area contributed by atoms with E-state index in [0.717, 1.165) is 13.1 Å². The molecule has 0 atom stereocenters. The van der Waals surface area contributed by atoms with Crippen LogP contribution in [0, 0.1) is 0 Å². The molecule has 2 nitrogen and oxygen atoms in total. The van der Waals surface area contributed by atoms with Gasteiger partial charge in [-0.2, -0.15) is 11.8 Å². The third-order valence-corrected chi connectivity index (χ3v) is 1.82. The first-order chi connectivity index (χ1) is 4.43. The van der Waals surface area contributed by atoms with Crippen molar-refractivity contribution in [2.24, 2.45) is 0 Å². The monoisotopic (exact) mass is 144 g/mol. The minimum atomic E-state index is 0.994. The van der Waals surface area contributed by atoms with Crippen LogP contribution in [0.5, 0.6) is 0 Å². The minimum Gasteiger partial charge on any atom is -0.315 e. The van der Waals surface area contributed by atoms with Crippen molar-refractivity contribution in [3.8, 4) is 0 Å². The van der Waals surface area contributed by atoms with Crippen molar-refractivity contribution in [2.75, 3.05) is 25.1 Å². The van der Waals surface area contributed by atoms with Crippen molar-refractivity contribution in [1.82, 2.24) is 10.4 Å². The summed E-state index contributed by atoms with van der Waals surface area (Å²) in [4.78, 5) is 0. The first-order valence-electron chi connectivity index (χ1n) is 3.09. The van der Waals surface area contributed by atoms with Crippen LogP contribution in [0.4, 0.5) is 0 Å². The zero-order valence-electron chi connectivity index (χ0n) is 5.63. The highest BCUT2D eigenvalue weighted by Gasteiger charge is 1.99. The topological polar surface area (TPSA) is 15.3 Å². The van der Waals surface area contributed by atoms with Crippen molar-refractivity contribution in [3.63, 3.8) is 0 Å². The lowest BCUT2D eigenvalue weighted by atomic mass is 10.6. The molecule has 0 amide bonds. The van der Waals surface area contributed by atoms with E-state index in [0.29, 0.717) is 0 Å². The van der Waals surface area contributed by atoms with E-state index in [-0.39, 0.29) is 0 Å². The Bertz CT molecular complexity index is 103. The van der Waals surface area contributed by atoms with Gasteiger partial charge in [0.05, 0.1) is 0 Å². The molecule has 0 aromatic heterocycles. The third kappa shape index (κ3) is 2.28. The predicted molar refractivity (Wildman–Crippen MR) is 42.2 cm³/mol. The minimum absolute atomic E-state index is 0.994. The summed E-state index contributed by atoms with van der Waals surface area (Å²) in [6.45, 7) is 2.10. The Labute approximate surface area is 60.3 Å². The van der Waals surface area contributed by atoms with Crippen molar-refractivity contribution in [3.05, 3.63) is 12.3 Å². The molecular weight excluding hydrogens is 132 g/mol. The number of rotatable bonds is 3. The smallest absolute Gasteiger partial charge is 0.0428 e. The van der Waals surface area contributed by atoms with E-state index in [9.17, 15) is 0 Å². The van der Waals surface area contributed by atoms with E-state index in [1.54, 1.807) is 0 Å². The third-order valence-electron chi connectivity index (χ3n) is 1.23. The quantitative estimate of drug-likeness (QED) is 0.627. The lowest BCUT2D eigenvalue weighted by Crippen LogP contribution is -2.30. The summed E-state index contributed by atoms with van der Waals surface area (Å²) in [7, 11) is 0. The van der Waals surface area contributed by atoms with Crippen molar-refractivity contribution in [2.45, 2.75) is 0 Å². The summed E-state index contributed by atoms with van der Waals surface area (Å²) < 4.78 is 0. The highest BCUT2D eigenvalue weighted by Crippen LogP contribution is 1.96. The summed E-state index contributed by atoms with van der Waals surface area (Å²) in [5.41, 5.74) is 3.20. The van der Waals surface area contributed by atoms with E-state index >= 15 is 0 Å². The van der Waals surface area contributed by atoms with Gasteiger partial charge in [-0.15, -0.1) is 0 Å². The molecule has 0 aliphatic carbocycles. The van der Waals surface area contributed by atoms with Gasteiger partial charge in [-0.25, -0.2) is 5.43 Å². The van der Waals surface area contributed by atoms with Gasteiger partial charge >= 0.3 is 0 Å². The van der Waals surface area contributed by atoms with Gasteiger partial charge in [0.25, 0.3) is 0 Å². The number of nitrogens with one attached hydrogen (secondary N) is 1. The van der Waals surface area contributed by atoms with Crippen LogP contribution in [0.2, 0.25) is 0 Å². The predicted octanol–water partition coefficient (Wildman–Crippen LogP) is 0.683. The summed E-state index contributed by atoms with van der Waals surface area (Å²) in [5.74, 6) is 1.19. The largest absolute Gasteiger partial charge is 0.315 e. The molecule has 0 bridgehead atoms. The van der Waals surface area contributed by atoms with Crippen molar-refractivity contribution < 1.29 is 0 Å². The van der Waals surface area contributed by atoms with Crippen LogP contribution in [0.15, 0.2) is 12.3 Å². The van der Waals surface area contributed by atoms with Crippen LogP contribution >= 0.6 is 11.8 Å². The molecule has 1 aliphatic rings. The molecule has 0 saturated heterocycles. The molecule has 0 unspecified atom stereocenters. The Morgan fingerprint density at radius 3 is 3.22 bits per heavy atom. The second kappa shape index (κ2) is 3.80. The summed E-state index contributed by atoms with van der Waals surface area (Å²) >= 11 is 1.87. The molecule has 1 N–H and O–H groups in total. The van der Waals surface area contributed by atoms with Gasteiger partial charge in [-0.05, 0) is 6.26 Å². The SMILES string of the molecule is CSCCN1C=CCN1. The first kappa shape index (κ1) is 6.96. The Morgan fingerprint density at radius 2 is 2.67 bits per heavy atom. The normalized spacial score (nSPS) is 17.2. The summed E-state index contributed by atoms with van der Waals surface area (Å²) in [6.07, 6.45) is 6.34. The second-order valence-corrected chi connectivity index (χ2v) is 2.92. The van der Waals surface area contributed by atoms with E-state index < -0.39 is 0 Å². The van der Waals surface area contributed by atoms with Gasteiger partial charge in [-0.3, -0.25) is 0 Å².